The van der Waals surface area contributed by atoms with Crippen LogP contribution < -0.4 is 0 Å². The first-order chi connectivity index (χ1) is 6.20. The monoisotopic (exact) mass is 180 g/mol. The number of carbonyl (C=O) groups excluding carboxylic acids is 1. The molecular weight excluding hydrogens is 160 g/mol. The highest BCUT2D eigenvalue weighted by molar-refractivity contribution is 5.75. The molecule has 2 rings (SSSR count). The number of rotatable bonds is 6. The SMILES string of the molecule is CC(=O)CCCC1(CC2CC2)CC1. The Labute approximate surface area is 80.9 Å². The van der Waals surface area contributed by atoms with Gasteiger partial charge in [-0.1, -0.05) is 12.8 Å². The summed E-state index contributed by atoms with van der Waals surface area (Å²) < 4.78 is 0. The van der Waals surface area contributed by atoms with Crippen LogP contribution >= 0.6 is 0 Å². The van der Waals surface area contributed by atoms with Crippen molar-refractivity contribution in [1.29, 1.82) is 0 Å². The Balaban J connectivity index is 1.64. The molecule has 0 bridgehead atoms. The third-order valence-corrected chi connectivity index (χ3v) is 3.61. The molecule has 0 aromatic carbocycles. The summed E-state index contributed by atoms with van der Waals surface area (Å²) in [6.07, 6.45) is 10.6. The lowest BCUT2D eigenvalue weighted by Gasteiger charge is -2.13. The number of hydrogen-bond donors (Lipinski definition) is 0. The van der Waals surface area contributed by atoms with Gasteiger partial charge in [-0.25, -0.2) is 0 Å². The van der Waals surface area contributed by atoms with Crippen molar-refractivity contribution in [3.05, 3.63) is 0 Å². The summed E-state index contributed by atoms with van der Waals surface area (Å²) in [5.74, 6) is 1.43. The standard InChI is InChI=1S/C12H20O/c1-10(13)3-2-6-12(7-8-12)9-11-4-5-11/h11H,2-9H2,1H3. The second-order valence-corrected chi connectivity index (χ2v) is 5.20. The van der Waals surface area contributed by atoms with Gasteiger partial charge in [0.1, 0.15) is 5.78 Å². The van der Waals surface area contributed by atoms with Crippen molar-refractivity contribution in [3.63, 3.8) is 0 Å². The van der Waals surface area contributed by atoms with Crippen LogP contribution in [0.1, 0.15) is 58.3 Å². The van der Waals surface area contributed by atoms with E-state index in [1.54, 1.807) is 6.92 Å². The molecule has 2 fully saturated rings. The zero-order valence-corrected chi connectivity index (χ0v) is 8.64. The molecule has 74 valence electrons. The maximum absolute atomic E-state index is 10.8. The fourth-order valence-corrected chi connectivity index (χ4v) is 2.38. The van der Waals surface area contributed by atoms with Gasteiger partial charge in [0.15, 0.2) is 0 Å². The molecule has 0 amide bonds. The van der Waals surface area contributed by atoms with Gasteiger partial charge in [-0.2, -0.15) is 0 Å². The van der Waals surface area contributed by atoms with E-state index in [1.807, 2.05) is 0 Å². The summed E-state index contributed by atoms with van der Waals surface area (Å²) in [5, 5.41) is 0. The third kappa shape index (κ3) is 2.82. The van der Waals surface area contributed by atoms with Crippen molar-refractivity contribution in [2.75, 3.05) is 0 Å². The minimum atomic E-state index is 0.363. The van der Waals surface area contributed by atoms with Crippen LogP contribution in [0.25, 0.3) is 0 Å². The molecule has 1 heteroatoms. The molecule has 0 aliphatic heterocycles. The Kier molecular flexibility index (Phi) is 2.44. The first-order valence-corrected chi connectivity index (χ1v) is 5.70. The molecule has 2 aliphatic rings. The summed E-state index contributed by atoms with van der Waals surface area (Å²) in [6.45, 7) is 1.71. The lowest BCUT2D eigenvalue weighted by Crippen LogP contribution is -2.02. The average molecular weight is 180 g/mol. The molecule has 2 aliphatic carbocycles. The van der Waals surface area contributed by atoms with Crippen LogP contribution in [0, 0.1) is 11.3 Å². The first kappa shape index (κ1) is 9.23. The third-order valence-electron chi connectivity index (χ3n) is 3.61. The fourth-order valence-electron chi connectivity index (χ4n) is 2.38. The Bertz CT molecular complexity index is 199. The van der Waals surface area contributed by atoms with Crippen molar-refractivity contribution in [2.24, 2.45) is 11.3 Å². The van der Waals surface area contributed by atoms with Crippen molar-refractivity contribution in [2.45, 2.75) is 58.3 Å². The maximum atomic E-state index is 10.8. The molecule has 0 aromatic heterocycles. The predicted octanol–water partition coefficient (Wildman–Crippen LogP) is 3.33. The smallest absolute Gasteiger partial charge is 0.129 e. The maximum Gasteiger partial charge on any atom is 0.129 e. The zero-order valence-electron chi connectivity index (χ0n) is 8.64. The van der Waals surface area contributed by atoms with E-state index in [9.17, 15) is 4.79 Å². The number of carbonyl (C=O) groups is 1. The van der Waals surface area contributed by atoms with Crippen molar-refractivity contribution >= 4 is 5.78 Å². The Morgan fingerprint density at radius 3 is 2.54 bits per heavy atom. The topological polar surface area (TPSA) is 17.1 Å². The van der Waals surface area contributed by atoms with Crippen LogP contribution in [0.3, 0.4) is 0 Å². The lowest BCUT2D eigenvalue weighted by molar-refractivity contribution is -0.117. The Morgan fingerprint density at radius 1 is 1.38 bits per heavy atom. The molecule has 0 unspecified atom stereocenters. The molecule has 0 aromatic rings. The van der Waals surface area contributed by atoms with Crippen LogP contribution in [0.15, 0.2) is 0 Å². The Hall–Kier alpha value is -0.330. The highest BCUT2D eigenvalue weighted by Gasteiger charge is 2.45. The minimum absolute atomic E-state index is 0.363. The summed E-state index contributed by atoms with van der Waals surface area (Å²) in [5.41, 5.74) is 0.719. The molecule has 0 spiro atoms. The fraction of sp³-hybridized carbons (Fsp3) is 0.917. The van der Waals surface area contributed by atoms with Gasteiger partial charge in [-0.15, -0.1) is 0 Å². The van der Waals surface area contributed by atoms with Crippen LogP contribution in [-0.4, -0.2) is 5.78 Å². The Morgan fingerprint density at radius 2 is 2.08 bits per heavy atom. The van der Waals surface area contributed by atoms with Crippen LogP contribution in [0.2, 0.25) is 0 Å². The van der Waals surface area contributed by atoms with Gasteiger partial charge < -0.3 is 4.79 Å². The second kappa shape index (κ2) is 3.43. The molecule has 13 heavy (non-hydrogen) atoms. The van der Waals surface area contributed by atoms with E-state index in [-0.39, 0.29) is 0 Å². The van der Waals surface area contributed by atoms with E-state index in [0.29, 0.717) is 5.78 Å². The molecule has 2 saturated carbocycles. The van der Waals surface area contributed by atoms with Gasteiger partial charge >= 0.3 is 0 Å². The van der Waals surface area contributed by atoms with E-state index in [4.69, 9.17) is 0 Å². The summed E-state index contributed by atoms with van der Waals surface area (Å²) in [4.78, 5) is 10.8. The quantitative estimate of drug-likeness (QED) is 0.612. The van der Waals surface area contributed by atoms with Gasteiger partial charge in [-0.3, -0.25) is 0 Å². The molecule has 0 radical (unpaired) electrons. The average Bonchev–Trinajstić information content (AvgIpc) is 2.90. The first-order valence-electron chi connectivity index (χ1n) is 5.70. The van der Waals surface area contributed by atoms with E-state index in [2.05, 4.69) is 0 Å². The number of Topliss-reactive ketones (excluding diaryl/α,β-unsaturated/α-hetero) is 1. The van der Waals surface area contributed by atoms with Gasteiger partial charge in [0.25, 0.3) is 0 Å². The lowest BCUT2D eigenvalue weighted by atomic mass is 9.92. The van der Waals surface area contributed by atoms with Crippen molar-refractivity contribution in [1.82, 2.24) is 0 Å². The molecule has 0 saturated heterocycles. The number of hydrogen-bond acceptors (Lipinski definition) is 1. The summed E-state index contributed by atoms with van der Waals surface area (Å²) in [6, 6.07) is 0. The highest BCUT2D eigenvalue weighted by Crippen LogP contribution is 2.57. The van der Waals surface area contributed by atoms with E-state index in [1.165, 1.54) is 38.5 Å². The second-order valence-electron chi connectivity index (χ2n) is 5.20. The molecular formula is C12H20O. The zero-order chi connectivity index (χ0) is 9.31. The highest BCUT2D eigenvalue weighted by atomic mass is 16.1. The minimum Gasteiger partial charge on any atom is -0.300 e. The number of ketones is 1. The van der Waals surface area contributed by atoms with E-state index >= 15 is 0 Å². The van der Waals surface area contributed by atoms with E-state index < -0.39 is 0 Å². The molecule has 0 heterocycles. The van der Waals surface area contributed by atoms with Crippen molar-refractivity contribution < 1.29 is 4.79 Å². The summed E-state index contributed by atoms with van der Waals surface area (Å²) >= 11 is 0. The van der Waals surface area contributed by atoms with Crippen LogP contribution in [0.4, 0.5) is 0 Å². The van der Waals surface area contributed by atoms with Crippen molar-refractivity contribution in [3.8, 4) is 0 Å². The predicted molar refractivity (Wildman–Crippen MR) is 53.5 cm³/mol. The van der Waals surface area contributed by atoms with E-state index in [0.717, 1.165) is 24.2 Å². The summed E-state index contributed by atoms with van der Waals surface area (Å²) in [7, 11) is 0. The molecule has 1 nitrogen and oxygen atoms in total. The van der Waals surface area contributed by atoms with Gasteiger partial charge in [0, 0.05) is 6.42 Å². The normalized spacial score (nSPS) is 24.4. The van der Waals surface area contributed by atoms with Crippen LogP contribution in [0.5, 0.6) is 0 Å². The molecule has 0 N–H and O–H groups in total. The van der Waals surface area contributed by atoms with Gasteiger partial charge in [0.2, 0.25) is 0 Å². The van der Waals surface area contributed by atoms with Gasteiger partial charge in [0.05, 0.1) is 0 Å². The largest absolute Gasteiger partial charge is 0.300 e. The van der Waals surface area contributed by atoms with Gasteiger partial charge in [-0.05, 0) is 50.4 Å². The van der Waals surface area contributed by atoms with Crippen LogP contribution in [-0.2, 0) is 4.79 Å². The molecule has 0 atom stereocenters.